The van der Waals surface area contributed by atoms with Crippen LogP contribution < -0.4 is 0 Å². The van der Waals surface area contributed by atoms with Crippen LogP contribution >= 0.6 is 0 Å². The van der Waals surface area contributed by atoms with Gasteiger partial charge in [0.25, 0.3) is 0 Å². The number of carboxylic acid groups (broad SMARTS) is 1. The van der Waals surface area contributed by atoms with Gasteiger partial charge >= 0.3 is 5.97 Å². The fourth-order valence-electron chi connectivity index (χ4n) is 3.73. The third kappa shape index (κ3) is 6.91. The van der Waals surface area contributed by atoms with Crippen molar-refractivity contribution in [3.8, 4) is 11.1 Å². The molecule has 180 valence electrons. The van der Waals surface area contributed by atoms with Crippen LogP contribution in [0.2, 0.25) is 0 Å². The van der Waals surface area contributed by atoms with E-state index in [0.717, 1.165) is 0 Å². The van der Waals surface area contributed by atoms with Crippen molar-refractivity contribution in [1.82, 2.24) is 4.98 Å². The summed E-state index contributed by atoms with van der Waals surface area (Å²) in [5.41, 5.74) is 3.56. The SMILES string of the molecule is CC(C)c1nc([C@H](C)CO)c(CO)c(-c2ccc(F)cc2)c1/C=C/[C@@H](O)C[C@@H](O)CC(=O)O. The minimum absolute atomic E-state index is 0.0593. The van der Waals surface area contributed by atoms with Crippen molar-refractivity contribution in [2.45, 2.75) is 64.3 Å². The van der Waals surface area contributed by atoms with Gasteiger partial charge in [-0.1, -0.05) is 45.1 Å². The Hall–Kier alpha value is -2.65. The third-order valence-electron chi connectivity index (χ3n) is 5.38. The molecular formula is C25H32FNO6. The van der Waals surface area contributed by atoms with E-state index in [4.69, 9.17) is 10.1 Å². The number of nitrogens with zero attached hydrogens (tertiary/aromatic N) is 1. The molecule has 0 saturated heterocycles. The molecule has 7 nitrogen and oxygen atoms in total. The molecule has 0 unspecified atom stereocenters. The van der Waals surface area contributed by atoms with Gasteiger partial charge < -0.3 is 25.5 Å². The van der Waals surface area contributed by atoms with Crippen molar-refractivity contribution in [1.29, 1.82) is 0 Å². The molecule has 1 aromatic heterocycles. The molecule has 0 aliphatic carbocycles. The second kappa shape index (κ2) is 12.0. The van der Waals surface area contributed by atoms with Gasteiger partial charge in [-0.05, 0) is 29.2 Å². The van der Waals surface area contributed by atoms with Crippen LogP contribution in [0.4, 0.5) is 4.39 Å². The van der Waals surface area contributed by atoms with E-state index in [9.17, 15) is 29.6 Å². The number of aliphatic hydroxyl groups excluding tert-OH is 4. The Labute approximate surface area is 192 Å². The smallest absolute Gasteiger partial charge is 0.305 e. The van der Waals surface area contributed by atoms with Gasteiger partial charge in [-0.3, -0.25) is 9.78 Å². The quantitative estimate of drug-likeness (QED) is 0.347. The van der Waals surface area contributed by atoms with Crippen molar-refractivity contribution < 1.29 is 34.7 Å². The molecule has 0 radical (unpaired) electrons. The number of hydrogen-bond acceptors (Lipinski definition) is 6. The van der Waals surface area contributed by atoms with E-state index in [-0.39, 0.29) is 31.5 Å². The van der Waals surface area contributed by atoms with Crippen LogP contribution in [0.25, 0.3) is 17.2 Å². The van der Waals surface area contributed by atoms with Gasteiger partial charge in [0, 0.05) is 23.5 Å². The summed E-state index contributed by atoms with van der Waals surface area (Å²) in [4.78, 5) is 15.5. The van der Waals surface area contributed by atoms with Crippen molar-refractivity contribution in [2.24, 2.45) is 0 Å². The highest BCUT2D eigenvalue weighted by atomic mass is 19.1. The molecule has 0 bridgehead atoms. The standard InChI is InChI=1S/C25H32FNO6/c1-14(2)24-20(9-8-18(30)10-19(31)11-22(32)33)23(16-4-6-17(26)7-5-16)21(13-29)25(27-24)15(3)12-28/h4-9,14-15,18-19,28-31H,10-13H2,1-3H3,(H,32,33)/b9-8+/t15-,18-,19-/m1/s1. The van der Waals surface area contributed by atoms with E-state index in [1.54, 1.807) is 25.1 Å². The minimum atomic E-state index is -1.21. The average molecular weight is 462 g/mol. The fourth-order valence-corrected chi connectivity index (χ4v) is 3.73. The first-order chi connectivity index (χ1) is 15.6. The summed E-state index contributed by atoms with van der Waals surface area (Å²) in [7, 11) is 0. The molecule has 0 aliphatic rings. The summed E-state index contributed by atoms with van der Waals surface area (Å²) in [5, 5.41) is 48.9. The summed E-state index contributed by atoms with van der Waals surface area (Å²) in [6, 6.07) is 5.80. The Morgan fingerprint density at radius 2 is 1.73 bits per heavy atom. The van der Waals surface area contributed by atoms with Gasteiger partial charge in [-0.25, -0.2) is 4.39 Å². The molecule has 2 aromatic rings. The maximum absolute atomic E-state index is 13.6. The molecule has 2 rings (SSSR count). The van der Waals surface area contributed by atoms with Gasteiger partial charge in [-0.15, -0.1) is 0 Å². The Kier molecular flexibility index (Phi) is 9.67. The average Bonchev–Trinajstić information content (AvgIpc) is 2.75. The molecule has 0 saturated carbocycles. The van der Waals surface area contributed by atoms with E-state index in [1.807, 2.05) is 13.8 Å². The van der Waals surface area contributed by atoms with Crippen LogP contribution in [0.15, 0.2) is 30.3 Å². The second-order valence-electron chi connectivity index (χ2n) is 8.47. The first-order valence-corrected chi connectivity index (χ1v) is 10.9. The van der Waals surface area contributed by atoms with Crippen LogP contribution in [0.1, 0.15) is 68.0 Å². The van der Waals surface area contributed by atoms with Crippen LogP contribution in [0.5, 0.6) is 0 Å². The lowest BCUT2D eigenvalue weighted by atomic mass is 9.86. The first kappa shape index (κ1) is 26.6. The number of hydrogen-bond donors (Lipinski definition) is 5. The number of carboxylic acids is 1. The van der Waals surface area contributed by atoms with Crippen molar-refractivity contribution in [3.05, 3.63) is 58.7 Å². The third-order valence-corrected chi connectivity index (χ3v) is 5.38. The van der Waals surface area contributed by atoms with Crippen LogP contribution in [0.3, 0.4) is 0 Å². The number of aliphatic hydroxyl groups is 4. The number of aliphatic carboxylic acids is 1. The molecule has 5 N–H and O–H groups in total. The number of halogens is 1. The van der Waals surface area contributed by atoms with Crippen LogP contribution in [-0.2, 0) is 11.4 Å². The number of benzene rings is 1. The van der Waals surface area contributed by atoms with Crippen LogP contribution in [0, 0.1) is 5.82 Å². The highest BCUT2D eigenvalue weighted by Crippen LogP contribution is 2.37. The van der Waals surface area contributed by atoms with E-state index < -0.39 is 30.4 Å². The monoisotopic (exact) mass is 461 g/mol. The largest absolute Gasteiger partial charge is 0.481 e. The lowest BCUT2D eigenvalue weighted by Gasteiger charge is -2.23. The first-order valence-electron chi connectivity index (χ1n) is 10.9. The van der Waals surface area contributed by atoms with Gasteiger partial charge in [-0.2, -0.15) is 0 Å². The maximum Gasteiger partial charge on any atom is 0.305 e. The minimum Gasteiger partial charge on any atom is -0.481 e. The zero-order valence-electron chi connectivity index (χ0n) is 19.1. The van der Waals surface area contributed by atoms with Gasteiger partial charge in [0.05, 0.1) is 43.2 Å². The molecule has 0 fully saturated rings. The van der Waals surface area contributed by atoms with E-state index >= 15 is 0 Å². The molecular weight excluding hydrogens is 429 g/mol. The van der Waals surface area contributed by atoms with E-state index in [0.29, 0.717) is 33.6 Å². The summed E-state index contributed by atoms with van der Waals surface area (Å²) >= 11 is 0. The maximum atomic E-state index is 13.6. The molecule has 0 amide bonds. The highest BCUT2D eigenvalue weighted by Gasteiger charge is 2.24. The molecule has 3 atom stereocenters. The predicted molar refractivity (Wildman–Crippen MR) is 123 cm³/mol. The molecule has 8 heteroatoms. The summed E-state index contributed by atoms with van der Waals surface area (Å²) in [5.74, 6) is -1.98. The zero-order chi connectivity index (χ0) is 24.7. The second-order valence-corrected chi connectivity index (χ2v) is 8.47. The number of aromatic nitrogens is 1. The van der Waals surface area contributed by atoms with Gasteiger partial charge in [0.15, 0.2) is 0 Å². The molecule has 0 aliphatic heterocycles. The Morgan fingerprint density at radius 3 is 2.24 bits per heavy atom. The Morgan fingerprint density at radius 1 is 1.09 bits per heavy atom. The summed E-state index contributed by atoms with van der Waals surface area (Å²) in [6.45, 7) is 5.14. The van der Waals surface area contributed by atoms with Crippen molar-refractivity contribution in [3.63, 3.8) is 0 Å². The van der Waals surface area contributed by atoms with E-state index in [2.05, 4.69) is 0 Å². The lowest BCUT2D eigenvalue weighted by Crippen LogP contribution is -2.19. The molecule has 1 aromatic carbocycles. The number of carbonyl (C=O) groups is 1. The molecule has 0 spiro atoms. The van der Waals surface area contributed by atoms with Gasteiger partial charge in [0.2, 0.25) is 0 Å². The van der Waals surface area contributed by atoms with Gasteiger partial charge in [0.1, 0.15) is 5.82 Å². The normalized spacial score (nSPS) is 14.6. The predicted octanol–water partition coefficient (Wildman–Crippen LogP) is 3.20. The Balaban J connectivity index is 2.68. The highest BCUT2D eigenvalue weighted by molar-refractivity contribution is 5.80. The number of pyridine rings is 1. The van der Waals surface area contributed by atoms with Crippen molar-refractivity contribution in [2.75, 3.05) is 6.61 Å². The zero-order valence-corrected chi connectivity index (χ0v) is 19.1. The van der Waals surface area contributed by atoms with E-state index in [1.165, 1.54) is 18.2 Å². The summed E-state index contributed by atoms with van der Waals surface area (Å²) < 4.78 is 13.6. The fraction of sp³-hybridized carbons (Fsp3) is 0.440. The molecule has 33 heavy (non-hydrogen) atoms. The topological polar surface area (TPSA) is 131 Å². The molecule has 1 heterocycles. The Bertz CT molecular complexity index is 974. The summed E-state index contributed by atoms with van der Waals surface area (Å²) in [6.07, 6.45) is 0.109. The van der Waals surface area contributed by atoms with Crippen molar-refractivity contribution >= 4 is 12.0 Å². The van der Waals surface area contributed by atoms with Crippen LogP contribution in [-0.4, -0.2) is 55.3 Å². The lowest BCUT2D eigenvalue weighted by molar-refractivity contribution is -0.139. The number of rotatable bonds is 11.